The maximum atomic E-state index is 6.45. The lowest BCUT2D eigenvalue weighted by Gasteiger charge is -2.34. The van der Waals surface area contributed by atoms with E-state index in [1.807, 2.05) is 0 Å². The quantitative estimate of drug-likeness (QED) is 0.0529. The van der Waals surface area contributed by atoms with Crippen LogP contribution in [0.4, 0.5) is 17.1 Å². The molecule has 0 unspecified atom stereocenters. The summed E-state index contributed by atoms with van der Waals surface area (Å²) in [5, 5.41) is 0. The summed E-state index contributed by atoms with van der Waals surface area (Å²) in [7, 11) is 3.38. The van der Waals surface area contributed by atoms with Gasteiger partial charge in [0.1, 0.15) is 0 Å². The van der Waals surface area contributed by atoms with Crippen molar-refractivity contribution in [2.24, 2.45) is 0 Å². The summed E-state index contributed by atoms with van der Waals surface area (Å²) in [6.07, 6.45) is 1.49. The number of hydrogen-bond acceptors (Lipinski definition) is 7. The molecule has 8 aromatic rings. The molecule has 9 rings (SSSR count). The number of benzene rings is 8. The van der Waals surface area contributed by atoms with Crippen LogP contribution in [0.1, 0.15) is 24.0 Å². The lowest BCUT2D eigenvalue weighted by molar-refractivity contribution is 0.0145. The molecule has 0 heterocycles. The highest BCUT2D eigenvalue weighted by Crippen LogP contribution is 2.55. The van der Waals surface area contributed by atoms with Crippen LogP contribution in [0.25, 0.3) is 55.6 Å². The number of rotatable bonds is 25. The van der Waals surface area contributed by atoms with Gasteiger partial charge in [-0.2, -0.15) is 0 Å². The van der Waals surface area contributed by atoms with E-state index in [-0.39, 0.29) is 0 Å². The Hall–Kier alpha value is -6.68. The highest BCUT2D eigenvalue weighted by Gasteiger charge is 2.43. The molecule has 0 bridgehead atoms. The smallest absolute Gasteiger partial charge is 0.0701 e. The van der Waals surface area contributed by atoms with E-state index >= 15 is 0 Å². The average molecular weight is 930 g/mol. The van der Waals surface area contributed by atoms with Crippen molar-refractivity contribution in [1.82, 2.24) is 0 Å². The van der Waals surface area contributed by atoms with Crippen LogP contribution in [0.5, 0.6) is 0 Å². The monoisotopic (exact) mass is 929 g/mol. The van der Waals surface area contributed by atoms with Crippen molar-refractivity contribution in [3.05, 3.63) is 211 Å². The topological polar surface area (TPSA) is 58.6 Å². The molecule has 0 N–H and O–H groups in total. The molecular weight excluding hydrogens is 867 g/mol. The predicted molar refractivity (Wildman–Crippen MR) is 285 cm³/mol. The molecule has 0 atom stereocenters. The molecule has 0 saturated carbocycles. The molecule has 356 valence electrons. The second-order valence-electron chi connectivity index (χ2n) is 17.6. The maximum absolute atomic E-state index is 6.45. The van der Waals surface area contributed by atoms with Crippen LogP contribution in [-0.2, 0) is 33.8 Å². The summed E-state index contributed by atoms with van der Waals surface area (Å²) < 4.78 is 34.9. The third kappa shape index (κ3) is 11.5. The largest absolute Gasteiger partial charge is 0.382 e. The van der Waals surface area contributed by atoms with Gasteiger partial charge in [-0.3, -0.25) is 0 Å². The van der Waals surface area contributed by atoms with Crippen molar-refractivity contribution in [2.75, 3.05) is 85.2 Å². The fourth-order valence-corrected chi connectivity index (χ4v) is 9.69. The molecule has 0 aliphatic heterocycles. The Morgan fingerprint density at radius 3 is 1.04 bits per heavy atom. The van der Waals surface area contributed by atoms with Gasteiger partial charge in [-0.15, -0.1) is 0 Å². The fraction of sp³-hybridized carbons (Fsp3) is 0.238. The average Bonchev–Trinajstić information content (AvgIpc) is 3.69. The van der Waals surface area contributed by atoms with Gasteiger partial charge in [-0.05, 0) is 122 Å². The molecule has 7 nitrogen and oxygen atoms in total. The summed E-state index contributed by atoms with van der Waals surface area (Å²) in [6, 6.07) is 72.6. The molecule has 0 aromatic heterocycles. The van der Waals surface area contributed by atoms with Crippen LogP contribution in [0.15, 0.2) is 200 Å². The molecule has 7 heteroatoms. The van der Waals surface area contributed by atoms with E-state index in [4.69, 9.17) is 28.4 Å². The third-order valence-electron chi connectivity index (χ3n) is 13.3. The minimum absolute atomic E-state index is 0.450. The van der Waals surface area contributed by atoms with E-state index in [1.54, 1.807) is 14.2 Å². The Morgan fingerprint density at radius 1 is 0.300 bits per heavy atom. The van der Waals surface area contributed by atoms with Crippen molar-refractivity contribution in [2.45, 2.75) is 18.3 Å². The summed E-state index contributed by atoms with van der Waals surface area (Å²) in [6.45, 7) is 5.26. The molecule has 0 spiro atoms. The zero-order valence-electron chi connectivity index (χ0n) is 40.4. The van der Waals surface area contributed by atoms with E-state index in [0.29, 0.717) is 66.1 Å². The van der Waals surface area contributed by atoms with Gasteiger partial charge in [0.25, 0.3) is 0 Å². The standard InChI is InChI=1S/C63H63NO6/c1-65-38-40-69-44-42-67-36-34-63(35-37-68-43-45-70-41-39-66-2)61-46-55(54-20-18-51(19-21-54)48-12-6-3-7-13-48)26-32-59(61)60-33-31-58(47-62(60)63)64(56-27-22-52(23-28-56)49-14-8-4-9-15-49)57-29-24-53(25-30-57)50-16-10-5-11-17-50/h3-33,46-47H,34-45H2,1-2H3. The van der Waals surface area contributed by atoms with E-state index in [0.717, 1.165) is 29.9 Å². The molecule has 0 amide bonds. The Morgan fingerprint density at radius 2 is 0.614 bits per heavy atom. The van der Waals surface area contributed by atoms with Crippen LogP contribution in [-0.4, -0.2) is 80.3 Å². The van der Waals surface area contributed by atoms with Gasteiger partial charge in [0.05, 0.1) is 52.9 Å². The number of anilines is 3. The minimum atomic E-state index is -0.450. The van der Waals surface area contributed by atoms with Gasteiger partial charge < -0.3 is 33.3 Å². The number of hydrogen-bond donors (Lipinski definition) is 0. The van der Waals surface area contributed by atoms with Gasteiger partial charge in [0.2, 0.25) is 0 Å². The molecular formula is C63H63NO6. The Kier molecular flexibility index (Phi) is 16.7. The second kappa shape index (κ2) is 24.2. The lowest BCUT2D eigenvalue weighted by Crippen LogP contribution is -2.30. The number of fused-ring (bicyclic) bond motifs is 3. The first-order valence-electron chi connectivity index (χ1n) is 24.5. The van der Waals surface area contributed by atoms with Crippen molar-refractivity contribution in [1.29, 1.82) is 0 Å². The zero-order chi connectivity index (χ0) is 47.8. The summed E-state index contributed by atoms with van der Waals surface area (Å²) in [4.78, 5) is 2.39. The second-order valence-corrected chi connectivity index (χ2v) is 17.6. The van der Waals surface area contributed by atoms with E-state index in [1.165, 1.54) is 66.8 Å². The Balaban J connectivity index is 1.12. The number of ether oxygens (including phenoxy) is 6. The van der Waals surface area contributed by atoms with E-state index < -0.39 is 5.41 Å². The summed E-state index contributed by atoms with van der Waals surface area (Å²) in [5.41, 5.74) is 17.3. The summed E-state index contributed by atoms with van der Waals surface area (Å²) in [5.74, 6) is 0. The van der Waals surface area contributed by atoms with Crippen molar-refractivity contribution >= 4 is 17.1 Å². The molecule has 1 aliphatic rings. The van der Waals surface area contributed by atoms with Crippen LogP contribution in [0.3, 0.4) is 0 Å². The first-order chi connectivity index (χ1) is 34.6. The van der Waals surface area contributed by atoms with Crippen LogP contribution in [0, 0.1) is 0 Å². The molecule has 8 aromatic carbocycles. The lowest BCUT2D eigenvalue weighted by atomic mass is 9.72. The van der Waals surface area contributed by atoms with Gasteiger partial charge in [0.15, 0.2) is 0 Å². The van der Waals surface area contributed by atoms with Crippen LogP contribution in [0.2, 0.25) is 0 Å². The maximum Gasteiger partial charge on any atom is 0.0701 e. The Bertz CT molecular complexity index is 2730. The highest BCUT2D eigenvalue weighted by molar-refractivity contribution is 5.88. The number of nitrogens with zero attached hydrogens (tertiary/aromatic N) is 1. The van der Waals surface area contributed by atoms with Crippen LogP contribution >= 0.6 is 0 Å². The first kappa shape index (κ1) is 48.3. The molecule has 0 fully saturated rings. The predicted octanol–water partition coefficient (Wildman–Crippen LogP) is 14.2. The SMILES string of the molecule is COCCOCCOCCC1(CCOCCOCCOC)c2cc(-c3ccc(-c4ccccc4)cc3)ccc2-c2ccc(N(c3ccc(-c4ccccc4)cc3)c3ccc(-c4ccccc4)cc3)cc21. The first-order valence-corrected chi connectivity index (χ1v) is 24.5. The van der Waals surface area contributed by atoms with Gasteiger partial charge in [-0.1, -0.05) is 158 Å². The third-order valence-corrected chi connectivity index (χ3v) is 13.3. The highest BCUT2D eigenvalue weighted by atomic mass is 16.5. The molecule has 1 aliphatic carbocycles. The Labute approximate surface area is 414 Å². The minimum Gasteiger partial charge on any atom is -0.382 e. The van der Waals surface area contributed by atoms with Crippen molar-refractivity contribution in [3.63, 3.8) is 0 Å². The van der Waals surface area contributed by atoms with Crippen molar-refractivity contribution < 1.29 is 28.4 Å². The molecule has 70 heavy (non-hydrogen) atoms. The molecule has 0 saturated heterocycles. The fourth-order valence-electron chi connectivity index (χ4n) is 9.69. The normalized spacial score (nSPS) is 12.4. The van der Waals surface area contributed by atoms with Crippen molar-refractivity contribution in [3.8, 4) is 55.6 Å². The van der Waals surface area contributed by atoms with Gasteiger partial charge in [0, 0.05) is 49.9 Å². The summed E-state index contributed by atoms with van der Waals surface area (Å²) >= 11 is 0. The number of methoxy groups -OCH3 is 2. The van der Waals surface area contributed by atoms with E-state index in [2.05, 4.69) is 205 Å². The zero-order valence-corrected chi connectivity index (χ0v) is 40.4. The van der Waals surface area contributed by atoms with Crippen LogP contribution < -0.4 is 4.90 Å². The van der Waals surface area contributed by atoms with Gasteiger partial charge >= 0.3 is 0 Å². The molecule has 0 radical (unpaired) electrons. The van der Waals surface area contributed by atoms with Gasteiger partial charge in [-0.25, -0.2) is 0 Å². The van der Waals surface area contributed by atoms with E-state index in [9.17, 15) is 0 Å².